The number of piperidine rings is 1. The summed E-state index contributed by atoms with van der Waals surface area (Å²) >= 11 is 6.11. The molecule has 0 radical (unpaired) electrons. The fraction of sp³-hybridized carbons (Fsp3) is 0.417. The molecule has 9 nitrogen and oxygen atoms in total. The first-order chi connectivity index (χ1) is 16.8. The number of methoxy groups -OCH3 is 1. The minimum atomic E-state index is -0.681. The van der Waals surface area contributed by atoms with Gasteiger partial charge in [-0.15, -0.1) is 0 Å². The van der Waals surface area contributed by atoms with Gasteiger partial charge in [0.05, 0.1) is 35.0 Å². The van der Waals surface area contributed by atoms with E-state index in [1.54, 1.807) is 19.2 Å². The third-order valence-electron chi connectivity index (χ3n) is 5.68. The molecule has 1 aliphatic heterocycles. The summed E-state index contributed by atoms with van der Waals surface area (Å²) in [5, 5.41) is 3.18. The molecule has 11 heteroatoms. The molecule has 0 spiro atoms. The van der Waals surface area contributed by atoms with Crippen LogP contribution in [0, 0.1) is 5.82 Å². The second kappa shape index (κ2) is 12.6. The number of carbonyl (C=O) groups excluding carboxylic acids is 2. The van der Waals surface area contributed by atoms with Crippen molar-refractivity contribution in [3.05, 3.63) is 52.8 Å². The molecule has 0 saturated carbocycles. The van der Waals surface area contributed by atoms with Crippen LogP contribution in [0.4, 0.5) is 10.1 Å². The van der Waals surface area contributed by atoms with Crippen LogP contribution in [0.2, 0.25) is 5.02 Å². The van der Waals surface area contributed by atoms with Gasteiger partial charge in [0.1, 0.15) is 17.3 Å². The quantitative estimate of drug-likeness (QED) is 0.313. The SMILES string of the molecule is COC1CN(CCCOc2ccc(F)cc2)CCC1NC(=O)c1cc(Cl)c(N)cc1OCC(N)=O. The number of ether oxygens (including phenoxy) is 3. The number of rotatable bonds is 11. The average molecular weight is 509 g/mol. The maximum atomic E-state index is 13.0. The van der Waals surface area contributed by atoms with E-state index in [0.29, 0.717) is 25.3 Å². The van der Waals surface area contributed by atoms with E-state index in [9.17, 15) is 14.0 Å². The Hall–Kier alpha value is -3.08. The lowest BCUT2D eigenvalue weighted by atomic mass is 10.0. The zero-order valence-corrected chi connectivity index (χ0v) is 20.2. The van der Waals surface area contributed by atoms with Crippen LogP contribution in [0.3, 0.4) is 0 Å². The van der Waals surface area contributed by atoms with Crippen molar-refractivity contribution in [1.82, 2.24) is 10.2 Å². The number of hydrogen-bond acceptors (Lipinski definition) is 7. The molecule has 2 aromatic carbocycles. The largest absolute Gasteiger partial charge is 0.494 e. The highest BCUT2D eigenvalue weighted by Crippen LogP contribution is 2.29. The maximum Gasteiger partial charge on any atom is 0.255 e. The van der Waals surface area contributed by atoms with E-state index in [2.05, 4.69) is 10.2 Å². The van der Waals surface area contributed by atoms with E-state index in [0.717, 1.165) is 19.5 Å². The number of amides is 2. The molecule has 190 valence electrons. The summed E-state index contributed by atoms with van der Waals surface area (Å²) in [5.41, 5.74) is 11.3. The van der Waals surface area contributed by atoms with Gasteiger partial charge in [-0.3, -0.25) is 9.59 Å². The lowest BCUT2D eigenvalue weighted by molar-refractivity contribution is -0.119. The number of primary amides is 1. The third-order valence-corrected chi connectivity index (χ3v) is 6.00. The van der Waals surface area contributed by atoms with E-state index < -0.39 is 18.4 Å². The summed E-state index contributed by atoms with van der Waals surface area (Å²) in [6, 6.07) is 8.49. The number of likely N-dealkylation sites (tertiary alicyclic amines) is 1. The second-order valence-electron chi connectivity index (χ2n) is 8.22. The average Bonchev–Trinajstić information content (AvgIpc) is 2.84. The first-order valence-electron chi connectivity index (χ1n) is 11.2. The van der Waals surface area contributed by atoms with Gasteiger partial charge in [-0.25, -0.2) is 4.39 Å². The van der Waals surface area contributed by atoms with Crippen LogP contribution >= 0.6 is 11.6 Å². The van der Waals surface area contributed by atoms with Gasteiger partial charge in [-0.2, -0.15) is 0 Å². The fourth-order valence-corrected chi connectivity index (χ4v) is 4.02. The summed E-state index contributed by atoms with van der Waals surface area (Å²) in [6.07, 6.45) is 1.23. The molecule has 35 heavy (non-hydrogen) atoms. The van der Waals surface area contributed by atoms with Gasteiger partial charge in [0.25, 0.3) is 11.8 Å². The molecule has 1 fully saturated rings. The molecule has 1 aliphatic rings. The number of halogens is 2. The van der Waals surface area contributed by atoms with Crippen LogP contribution < -0.4 is 26.3 Å². The Balaban J connectivity index is 1.53. The smallest absolute Gasteiger partial charge is 0.255 e. The normalized spacial score (nSPS) is 18.1. The van der Waals surface area contributed by atoms with E-state index >= 15 is 0 Å². The van der Waals surface area contributed by atoms with Crippen LogP contribution in [0.5, 0.6) is 11.5 Å². The molecule has 1 saturated heterocycles. The highest BCUT2D eigenvalue weighted by atomic mass is 35.5. The minimum absolute atomic E-state index is 0.121. The number of carbonyl (C=O) groups is 2. The molecule has 5 N–H and O–H groups in total. The van der Waals surface area contributed by atoms with Crippen molar-refractivity contribution in [2.45, 2.75) is 25.0 Å². The van der Waals surface area contributed by atoms with Gasteiger partial charge in [0, 0.05) is 32.8 Å². The van der Waals surface area contributed by atoms with Crippen LogP contribution in [0.15, 0.2) is 36.4 Å². The summed E-state index contributed by atoms with van der Waals surface area (Å²) in [6.45, 7) is 2.29. The Morgan fingerprint density at radius 3 is 2.66 bits per heavy atom. The van der Waals surface area contributed by atoms with Crippen LogP contribution in [0.1, 0.15) is 23.2 Å². The van der Waals surface area contributed by atoms with E-state index in [-0.39, 0.29) is 40.0 Å². The molecule has 0 bridgehead atoms. The molecule has 0 aromatic heterocycles. The van der Waals surface area contributed by atoms with Crippen LogP contribution in [-0.2, 0) is 9.53 Å². The van der Waals surface area contributed by atoms with Crippen molar-refractivity contribution >= 4 is 29.1 Å². The molecule has 0 aliphatic carbocycles. The fourth-order valence-electron chi connectivity index (χ4n) is 3.86. The van der Waals surface area contributed by atoms with Gasteiger partial charge in [0.15, 0.2) is 6.61 Å². The first kappa shape index (κ1) is 26.5. The minimum Gasteiger partial charge on any atom is -0.494 e. The monoisotopic (exact) mass is 508 g/mol. The zero-order chi connectivity index (χ0) is 25.4. The van der Waals surface area contributed by atoms with E-state index in [1.807, 2.05) is 0 Å². The number of benzene rings is 2. The predicted octanol–water partition coefficient (Wildman–Crippen LogP) is 2.21. The number of nitrogens with two attached hydrogens (primary N) is 2. The summed E-state index contributed by atoms with van der Waals surface area (Å²) in [5.74, 6) is -0.647. The summed E-state index contributed by atoms with van der Waals surface area (Å²) < 4.78 is 29.6. The lowest BCUT2D eigenvalue weighted by Crippen LogP contribution is -2.55. The molecular weight excluding hydrogens is 479 g/mol. The van der Waals surface area contributed by atoms with Gasteiger partial charge < -0.3 is 35.9 Å². The number of nitrogens with zero attached hydrogens (tertiary/aromatic N) is 1. The van der Waals surface area contributed by atoms with Gasteiger partial charge >= 0.3 is 0 Å². The predicted molar refractivity (Wildman–Crippen MR) is 130 cm³/mol. The van der Waals surface area contributed by atoms with Crippen LogP contribution in [0.25, 0.3) is 0 Å². The van der Waals surface area contributed by atoms with Gasteiger partial charge in [-0.1, -0.05) is 11.6 Å². The molecule has 3 rings (SSSR count). The van der Waals surface area contributed by atoms with Crippen molar-refractivity contribution in [3.63, 3.8) is 0 Å². The van der Waals surface area contributed by atoms with Gasteiger partial charge in [0.2, 0.25) is 0 Å². The van der Waals surface area contributed by atoms with Crippen molar-refractivity contribution < 1.29 is 28.2 Å². The second-order valence-corrected chi connectivity index (χ2v) is 8.63. The lowest BCUT2D eigenvalue weighted by Gasteiger charge is -2.38. The maximum absolute atomic E-state index is 13.0. The highest BCUT2D eigenvalue weighted by Gasteiger charge is 2.31. The number of nitrogens with one attached hydrogen (secondary N) is 1. The molecular formula is C24H30ClFN4O5. The molecule has 2 atom stereocenters. The highest BCUT2D eigenvalue weighted by molar-refractivity contribution is 6.33. The van der Waals surface area contributed by atoms with Crippen molar-refractivity contribution in [3.8, 4) is 11.5 Å². The van der Waals surface area contributed by atoms with Crippen LogP contribution in [-0.4, -0.2) is 68.8 Å². The Morgan fingerprint density at radius 2 is 1.97 bits per heavy atom. The Bertz CT molecular complexity index is 1020. The molecule has 2 amide bonds. The van der Waals surface area contributed by atoms with E-state index in [1.165, 1.54) is 24.3 Å². The van der Waals surface area contributed by atoms with Crippen molar-refractivity contribution in [1.29, 1.82) is 0 Å². The van der Waals surface area contributed by atoms with Crippen molar-refractivity contribution in [2.24, 2.45) is 5.73 Å². The topological polar surface area (TPSA) is 129 Å². The third kappa shape index (κ3) is 7.71. The van der Waals surface area contributed by atoms with Gasteiger partial charge in [-0.05, 0) is 43.2 Å². The zero-order valence-electron chi connectivity index (χ0n) is 19.5. The summed E-state index contributed by atoms with van der Waals surface area (Å²) in [7, 11) is 1.60. The number of nitrogen functional groups attached to an aromatic ring is 1. The molecule has 1 heterocycles. The Kier molecular flexibility index (Phi) is 9.53. The van der Waals surface area contributed by atoms with Crippen molar-refractivity contribution in [2.75, 3.05) is 45.7 Å². The molecule has 2 unspecified atom stereocenters. The number of hydrogen-bond donors (Lipinski definition) is 3. The Labute approximate surface area is 208 Å². The number of anilines is 1. The summed E-state index contributed by atoms with van der Waals surface area (Å²) in [4.78, 5) is 26.4. The Morgan fingerprint density at radius 1 is 1.23 bits per heavy atom. The van der Waals surface area contributed by atoms with E-state index in [4.69, 9.17) is 37.3 Å². The first-order valence-corrected chi connectivity index (χ1v) is 11.6. The standard InChI is InChI=1S/C24H30ClFN4O5/c1-33-22-13-30(8-2-10-34-16-5-3-15(26)4-6-16)9-7-20(22)29-24(32)17-11-18(25)19(27)12-21(17)35-14-23(28)31/h3-6,11-12,20,22H,2,7-10,13-14,27H2,1H3,(H2,28,31)(H,29,32). The molecule has 2 aromatic rings.